The van der Waals surface area contributed by atoms with E-state index in [0.29, 0.717) is 18.9 Å². The van der Waals surface area contributed by atoms with Crippen molar-refractivity contribution in [3.63, 3.8) is 0 Å². The van der Waals surface area contributed by atoms with E-state index in [9.17, 15) is 14.7 Å². The van der Waals surface area contributed by atoms with E-state index < -0.39 is 12.0 Å². The lowest BCUT2D eigenvalue weighted by Gasteiger charge is -2.40. The number of hydrogen-bond acceptors (Lipinski definition) is 2. The van der Waals surface area contributed by atoms with Crippen LogP contribution < -0.4 is 0 Å². The summed E-state index contributed by atoms with van der Waals surface area (Å²) >= 11 is 0. The summed E-state index contributed by atoms with van der Waals surface area (Å²) in [5, 5.41) is 9.40. The molecule has 2 rings (SSSR count). The van der Waals surface area contributed by atoms with Crippen molar-refractivity contribution in [2.24, 2.45) is 11.3 Å². The molecule has 108 valence electrons. The number of amides is 1. The molecule has 2 atom stereocenters. The molecule has 1 amide bonds. The van der Waals surface area contributed by atoms with Crippen molar-refractivity contribution in [3.8, 4) is 0 Å². The Morgan fingerprint density at radius 1 is 1.32 bits per heavy atom. The van der Waals surface area contributed by atoms with Crippen LogP contribution in [0.3, 0.4) is 0 Å². The summed E-state index contributed by atoms with van der Waals surface area (Å²) in [6.07, 6.45) is 6.56. The number of carboxylic acids is 1. The van der Waals surface area contributed by atoms with Crippen LogP contribution in [0.4, 0.5) is 0 Å². The molecule has 1 aliphatic heterocycles. The number of hydrogen-bond donors (Lipinski definition) is 1. The molecule has 2 unspecified atom stereocenters. The molecule has 1 N–H and O–H groups in total. The highest BCUT2D eigenvalue weighted by molar-refractivity contribution is 5.87. The monoisotopic (exact) mass is 267 g/mol. The van der Waals surface area contributed by atoms with Gasteiger partial charge in [0.2, 0.25) is 5.91 Å². The summed E-state index contributed by atoms with van der Waals surface area (Å²) in [7, 11) is 0. The summed E-state index contributed by atoms with van der Waals surface area (Å²) < 4.78 is 0. The molecule has 0 radical (unpaired) electrons. The molecule has 4 nitrogen and oxygen atoms in total. The highest BCUT2D eigenvalue weighted by atomic mass is 16.4. The zero-order chi connectivity index (χ0) is 14.0. The highest BCUT2D eigenvalue weighted by Crippen LogP contribution is 2.41. The van der Waals surface area contributed by atoms with Gasteiger partial charge in [-0.05, 0) is 31.6 Å². The lowest BCUT2D eigenvalue weighted by molar-refractivity contribution is -0.158. The van der Waals surface area contributed by atoms with Gasteiger partial charge in [-0.15, -0.1) is 0 Å². The van der Waals surface area contributed by atoms with Crippen molar-refractivity contribution < 1.29 is 14.7 Å². The fourth-order valence-electron chi connectivity index (χ4n) is 3.60. The molecule has 19 heavy (non-hydrogen) atoms. The zero-order valence-corrected chi connectivity index (χ0v) is 12.0. The summed E-state index contributed by atoms with van der Waals surface area (Å²) in [5.74, 6) is -0.318. The van der Waals surface area contributed by atoms with E-state index >= 15 is 0 Å². The number of carboxylic acid groups (broad SMARTS) is 1. The van der Waals surface area contributed by atoms with Crippen LogP contribution in [0.25, 0.3) is 0 Å². The molecule has 1 aliphatic carbocycles. The first-order valence-corrected chi connectivity index (χ1v) is 7.52. The van der Waals surface area contributed by atoms with Crippen LogP contribution in [-0.4, -0.2) is 34.5 Å². The molecular formula is C15H25NO3. The molecule has 1 saturated heterocycles. The van der Waals surface area contributed by atoms with Crippen molar-refractivity contribution in [1.29, 1.82) is 0 Å². The number of piperidine rings is 1. The lowest BCUT2D eigenvalue weighted by Crippen LogP contribution is -2.53. The molecule has 2 fully saturated rings. The Morgan fingerprint density at radius 3 is 2.47 bits per heavy atom. The number of rotatable bonds is 3. The van der Waals surface area contributed by atoms with Gasteiger partial charge < -0.3 is 10.0 Å². The predicted octanol–water partition coefficient (Wildman–Crippen LogP) is 2.67. The van der Waals surface area contributed by atoms with Crippen molar-refractivity contribution in [2.45, 2.75) is 64.8 Å². The first kappa shape index (κ1) is 14.4. The van der Waals surface area contributed by atoms with Gasteiger partial charge >= 0.3 is 5.97 Å². The Kier molecular flexibility index (Phi) is 4.16. The maximum Gasteiger partial charge on any atom is 0.326 e. The number of carbonyl (C=O) groups excluding carboxylic acids is 1. The van der Waals surface area contributed by atoms with Gasteiger partial charge in [0, 0.05) is 12.0 Å². The molecule has 0 bridgehead atoms. The Bertz CT molecular complexity index is 360. The number of likely N-dealkylation sites (tertiary alicyclic amines) is 1. The van der Waals surface area contributed by atoms with E-state index in [-0.39, 0.29) is 11.3 Å². The Hall–Kier alpha value is -1.06. The molecule has 0 aromatic carbocycles. The lowest BCUT2D eigenvalue weighted by atomic mass is 9.83. The number of carbonyl (C=O) groups is 2. The minimum absolute atomic E-state index is 0.0759. The first-order chi connectivity index (χ1) is 8.98. The van der Waals surface area contributed by atoms with Gasteiger partial charge in [0.25, 0.3) is 0 Å². The molecule has 4 heteroatoms. The fraction of sp³-hybridized carbons (Fsp3) is 0.867. The van der Waals surface area contributed by atoms with Crippen molar-refractivity contribution in [1.82, 2.24) is 4.90 Å². The van der Waals surface area contributed by atoms with Gasteiger partial charge in [0.15, 0.2) is 0 Å². The highest BCUT2D eigenvalue weighted by Gasteiger charge is 2.44. The van der Waals surface area contributed by atoms with Crippen LogP contribution >= 0.6 is 0 Å². The molecule has 0 spiro atoms. The van der Waals surface area contributed by atoms with E-state index in [1.165, 1.54) is 0 Å². The third-order valence-corrected chi connectivity index (χ3v) is 5.06. The quantitative estimate of drug-likeness (QED) is 0.855. The maximum atomic E-state index is 12.7. The summed E-state index contributed by atoms with van der Waals surface area (Å²) in [4.78, 5) is 25.8. The normalized spacial score (nSPS) is 30.3. The Morgan fingerprint density at radius 2 is 1.95 bits per heavy atom. The Balaban J connectivity index is 2.13. The third kappa shape index (κ3) is 2.77. The standard InChI is InChI=1S/C15H25NO3/c1-3-11-6-9-16(12(10-11)13(17)18)14(19)15(2)7-4-5-8-15/h11-12H,3-10H2,1-2H3,(H,17,18). The van der Waals surface area contributed by atoms with Gasteiger partial charge in [0.05, 0.1) is 0 Å². The van der Waals surface area contributed by atoms with Crippen LogP contribution in [-0.2, 0) is 9.59 Å². The van der Waals surface area contributed by atoms with E-state index in [1.54, 1.807) is 4.90 Å². The summed E-state index contributed by atoms with van der Waals surface area (Å²) in [5.41, 5.74) is -0.313. The van der Waals surface area contributed by atoms with E-state index in [1.807, 2.05) is 6.92 Å². The summed E-state index contributed by atoms with van der Waals surface area (Å²) in [6, 6.07) is -0.608. The van der Waals surface area contributed by atoms with Crippen molar-refractivity contribution in [3.05, 3.63) is 0 Å². The van der Waals surface area contributed by atoms with Crippen molar-refractivity contribution >= 4 is 11.9 Å². The van der Waals surface area contributed by atoms with Crippen LogP contribution in [0, 0.1) is 11.3 Å². The number of nitrogens with zero attached hydrogens (tertiary/aromatic N) is 1. The fourth-order valence-corrected chi connectivity index (χ4v) is 3.60. The van der Waals surface area contributed by atoms with Crippen LogP contribution in [0.1, 0.15) is 58.8 Å². The second kappa shape index (κ2) is 5.51. The maximum absolute atomic E-state index is 12.7. The van der Waals surface area contributed by atoms with Gasteiger partial charge in [0.1, 0.15) is 6.04 Å². The topological polar surface area (TPSA) is 57.6 Å². The number of aliphatic carboxylic acids is 1. The van der Waals surface area contributed by atoms with Gasteiger partial charge in [-0.25, -0.2) is 4.79 Å². The minimum atomic E-state index is -0.840. The van der Waals surface area contributed by atoms with Crippen LogP contribution in [0.15, 0.2) is 0 Å². The van der Waals surface area contributed by atoms with Crippen LogP contribution in [0.2, 0.25) is 0 Å². The first-order valence-electron chi connectivity index (χ1n) is 7.52. The third-order valence-electron chi connectivity index (χ3n) is 5.06. The van der Waals surface area contributed by atoms with E-state index in [4.69, 9.17) is 0 Å². The van der Waals surface area contributed by atoms with Crippen molar-refractivity contribution in [2.75, 3.05) is 6.54 Å². The average molecular weight is 267 g/mol. The smallest absolute Gasteiger partial charge is 0.326 e. The van der Waals surface area contributed by atoms with Gasteiger partial charge in [-0.2, -0.15) is 0 Å². The Labute approximate surface area is 115 Å². The molecule has 2 aliphatic rings. The van der Waals surface area contributed by atoms with E-state index in [0.717, 1.165) is 38.5 Å². The van der Waals surface area contributed by atoms with Crippen LogP contribution in [0.5, 0.6) is 0 Å². The molecule has 0 aromatic rings. The predicted molar refractivity (Wildman–Crippen MR) is 72.7 cm³/mol. The van der Waals surface area contributed by atoms with E-state index in [2.05, 4.69) is 6.92 Å². The zero-order valence-electron chi connectivity index (χ0n) is 12.0. The van der Waals surface area contributed by atoms with Gasteiger partial charge in [-0.1, -0.05) is 33.1 Å². The molecule has 0 aromatic heterocycles. The average Bonchev–Trinajstić information content (AvgIpc) is 2.85. The van der Waals surface area contributed by atoms with Gasteiger partial charge in [-0.3, -0.25) is 4.79 Å². The second-order valence-corrected chi connectivity index (χ2v) is 6.42. The molecule has 1 saturated carbocycles. The molecule has 1 heterocycles. The second-order valence-electron chi connectivity index (χ2n) is 6.42. The SMILES string of the molecule is CCC1CCN(C(=O)C2(C)CCCC2)C(C(=O)O)C1. The molecular weight excluding hydrogens is 242 g/mol. The largest absolute Gasteiger partial charge is 0.480 e. The summed E-state index contributed by atoms with van der Waals surface area (Å²) in [6.45, 7) is 4.72. The minimum Gasteiger partial charge on any atom is -0.480 e.